The summed E-state index contributed by atoms with van der Waals surface area (Å²) >= 11 is 0. The molecule has 0 amide bonds. The Morgan fingerprint density at radius 2 is 2.00 bits per heavy atom. The van der Waals surface area contributed by atoms with E-state index in [-0.39, 0.29) is 5.75 Å². The minimum Gasteiger partial charge on any atom is -0.508 e. The van der Waals surface area contributed by atoms with Gasteiger partial charge in [0.15, 0.2) is 0 Å². The van der Waals surface area contributed by atoms with Crippen LogP contribution < -0.4 is 5.73 Å². The number of nitrogens with two attached hydrogens (primary N) is 1. The van der Waals surface area contributed by atoms with Crippen molar-refractivity contribution >= 4 is 0 Å². The van der Waals surface area contributed by atoms with Crippen molar-refractivity contribution in [2.24, 2.45) is 5.73 Å². The lowest BCUT2D eigenvalue weighted by Gasteiger charge is -1.94. The second-order valence-corrected chi connectivity index (χ2v) is 3.19. The first-order chi connectivity index (χ1) is 6.83. The Labute approximate surface area is 84.5 Å². The van der Waals surface area contributed by atoms with Crippen LogP contribution >= 0.6 is 0 Å². The summed E-state index contributed by atoms with van der Waals surface area (Å²) in [5, 5.41) is 8.89. The van der Waals surface area contributed by atoms with E-state index in [9.17, 15) is 0 Å². The highest BCUT2D eigenvalue weighted by Gasteiger charge is 1.94. The second kappa shape index (κ2) is 6.40. The summed E-state index contributed by atoms with van der Waals surface area (Å²) in [6.07, 6.45) is 2.56. The maximum atomic E-state index is 8.89. The minimum atomic E-state index is 0.276. The number of aromatic hydroxyl groups is 1. The van der Waals surface area contributed by atoms with E-state index in [4.69, 9.17) is 15.6 Å². The van der Waals surface area contributed by atoms with Gasteiger partial charge in [0.1, 0.15) is 5.75 Å². The van der Waals surface area contributed by atoms with Gasteiger partial charge in [0.05, 0.1) is 0 Å². The molecule has 3 N–H and O–H groups in total. The predicted octanol–water partition coefficient (Wildman–Crippen LogP) is 1.65. The van der Waals surface area contributed by atoms with Crippen LogP contribution in [0.15, 0.2) is 24.3 Å². The SMILES string of the molecule is C1CCOC1.NCc1cccc(O)c1. The molecule has 0 saturated carbocycles. The summed E-state index contributed by atoms with van der Waals surface area (Å²) < 4.78 is 4.94. The molecule has 78 valence electrons. The number of phenols is 1. The van der Waals surface area contributed by atoms with E-state index in [1.54, 1.807) is 18.2 Å². The lowest BCUT2D eigenvalue weighted by atomic mass is 10.2. The molecule has 0 atom stereocenters. The van der Waals surface area contributed by atoms with Crippen molar-refractivity contribution in [2.45, 2.75) is 19.4 Å². The van der Waals surface area contributed by atoms with Gasteiger partial charge in [0.2, 0.25) is 0 Å². The summed E-state index contributed by atoms with van der Waals surface area (Å²) in [5.74, 6) is 0.276. The van der Waals surface area contributed by atoms with E-state index >= 15 is 0 Å². The fourth-order valence-corrected chi connectivity index (χ4v) is 1.19. The predicted molar refractivity (Wildman–Crippen MR) is 56.1 cm³/mol. The van der Waals surface area contributed by atoms with Crippen molar-refractivity contribution < 1.29 is 9.84 Å². The maximum absolute atomic E-state index is 8.89. The summed E-state index contributed by atoms with van der Waals surface area (Å²) in [6, 6.07) is 6.93. The quantitative estimate of drug-likeness (QED) is 0.716. The van der Waals surface area contributed by atoms with Crippen LogP contribution in [0.1, 0.15) is 18.4 Å². The summed E-state index contributed by atoms with van der Waals surface area (Å²) in [5.41, 5.74) is 6.26. The van der Waals surface area contributed by atoms with Gasteiger partial charge in [-0.05, 0) is 30.5 Å². The Balaban J connectivity index is 0.000000165. The van der Waals surface area contributed by atoms with E-state index in [0.29, 0.717) is 6.54 Å². The highest BCUT2D eigenvalue weighted by atomic mass is 16.5. The Kier molecular flexibility index (Phi) is 5.04. The van der Waals surface area contributed by atoms with Gasteiger partial charge < -0.3 is 15.6 Å². The van der Waals surface area contributed by atoms with E-state index in [2.05, 4.69) is 0 Å². The van der Waals surface area contributed by atoms with Crippen molar-refractivity contribution in [1.82, 2.24) is 0 Å². The molecule has 3 heteroatoms. The van der Waals surface area contributed by atoms with Crippen LogP contribution in [0.3, 0.4) is 0 Å². The number of hydrogen-bond acceptors (Lipinski definition) is 3. The van der Waals surface area contributed by atoms with Crippen LogP contribution in [-0.4, -0.2) is 18.3 Å². The average Bonchev–Trinajstić information content (AvgIpc) is 2.75. The van der Waals surface area contributed by atoms with Crippen molar-refractivity contribution in [3.05, 3.63) is 29.8 Å². The van der Waals surface area contributed by atoms with Gasteiger partial charge in [-0.1, -0.05) is 12.1 Å². The first-order valence-corrected chi connectivity index (χ1v) is 4.88. The van der Waals surface area contributed by atoms with Gasteiger partial charge >= 0.3 is 0 Å². The van der Waals surface area contributed by atoms with Crippen LogP contribution in [0.25, 0.3) is 0 Å². The first kappa shape index (κ1) is 11.0. The normalized spacial score (nSPS) is 14.6. The number of phenolic OH excluding ortho intramolecular Hbond substituents is 1. The zero-order chi connectivity index (χ0) is 10.2. The van der Waals surface area contributed by atoms with E-state index < -0.39 is 0 Å². The summed E-state index contributed by atoms with van der Waals surface area (Å²) in [4.78, 5) is 0. The molecule has 0 aliphatic carbocycles. The van der Waals surface area contributed by atoms with Crippen LogP contribution in [0.2, 0.25) is 0 Å². The number of rotatable bonds is 1. The Bertz CT molecular complexity index is 252. The van der Waals surface area contributed by atoms with Gasteiger partial charge in [-0.2, -0.15) is 0 Å². The van der Waals surface area contributed by atoms with Gasteiger partial charge in [0, 0.05) is 19.8 Å². The highest BCUT2D eigenvalue weighted by Crippen LogP contribution is 2.09. The Morgan fingerprint density at radius 1 is 1.29 bits per heavy atom. The molecule has 1 heterocycles. The molecule has 14 heavy (non-hydrogen) atoms. The smallest absolute Gasteiger partial charge is 0.115 e. The molecule has 0 radical (unpaired) electrons. The fraction of sp³-hybridized carbons (Fsp3) is 0.455. The van der Waals surface area contributed by atoms with Crippen LogP contribution in [0.5, 0.6) is 5.75 Å². The van der Waals surface area contributed by atoms with Gasteiger partial charge in [0.25, 0.3) is 0 Å². The molecule has 1 fully saturated rings. The third-order valence-electron chi connectivity index (χ3n) is 1.97. The largest absolute Gasteiger partial charge is 0.508 e. The maximum Gasteiger partial charge on any atom is 0.115 e. The summed E-state index contributed by atoms with van der Waals surface area (Å²) in [6.45, 7) is 2.48. The van der Waals surface area contributed by atoms with Crippen molar-refractivity contribution in [2.75, 3.05) is 13.2 Å². The zero-order valence-electron chi connectivity index (χ0n) is 8.28. The second-order valence-electron chi connectivity index (χ2n) is 3.19. The van der Waals surface area contributed by atoms with Crippen LogP contribution in [0, 0.1) is 0 Å². The lowest BCUT2D eigenvalue weighted by molar-refractivity contribution is 0.198. The monoisotopic (exact) mass is 195 g/mol. The van der Waals surface area contributed by atoms with Crippen molar-refractivity contribution in [3.8, 4) is 5.75 Å². The lowest BCUT2D eigenvalue weighted by Crippen LogP contribution is -1.94. The molecule has 0 unspecified atom stereocenters. The minimum absolute atomic E-state index is 0.276. The number of ether oxygens (including phenoxy) is 1. The third kappa shape index (κ3) is 4.25. The topological polar surface area (TPSA) is 55.5 Å². The molecule has 0 aromatic heterocycles. The molecule has 1 saturated heterocycles. The van der Waals surface area contributed by atoms with E-state index in [1.807, 2.05) is 6.07 Å². The van der Waals surface area contributed by atoms with Crippen molar-refractivity contribution in [1.29, 1.82) is 0 Å². The average molecular weight is 195 g/mol. The summed E-state index contributed by atoms with van der Waals surface area (Å²) in [7, 11) is 0. The van der Waals surface area contributed by atoms with Gasteiger partial charge in [-0.25, -0.2) is 0 Å². The fourth-order valence-electron chi connectivity index (χ4n) is 1.19. The van der Waals surface area contributed by atoms with Crippen molar-refractivity contribution in [3.63, 3.8) is 0 Å². The van der Waals surface area contributed by atoms with Crippen LogP contribution in [-0.2, 0) is 11.3 Å². The molecular formula is C11H17NO2. The van der Waals surface area contributed by atoms with Gasteiger partial charge in [-0.15, -0.1) is 0 Å². The van der Waals surface area contributed by atoms with Crippen LogP contribution in [0.4, 0.5) is 0 Å². The molecule has 0 bridgehead atoms. The van der Waals surface area contributed by atoms with E-state index in [0.717, 1.165) is 18.8 Å². The standard InChI is InChI=1S/C7H9NO.C4H8O/c8-5-6-2-1-3-7(9)4-6;1-2-4-5-3-1/h1-4,9H,5,8H2;1-4H2. The number of benzene rings is 1. The molecule has 1 aromatic rings. The zero-order valence-corrected chi connectivity index (χ0v) is 8.28. The molecule has 1 aliphatic rings. The molecule has 1 aromatic carbocycles. The Morgan fingerprint density at radius 3 is 2.36 bits per heavy atom. The third-order valence-corrected chi connectivity index (χ3v) is 1.97. The molecule has 3 nitrogen and oxygen atoms in total. The molecule has 1 aliphatic heterocycles. The van der Waals surface area contributed by atoms with E-state index in [1.165, 1.54) is 12.8 Å². The van der Waals surface area contributed by atoms with Gasteiger partial charge in [-0.3, -0.25) is 0 Å². The molecule has 2 rings (SSSR count). The highest BCUT2D eigenvalue weighted by molar-refractivity contribution is 5.26. The number of hydrogen-bond donors (Lipinski definition) is 2. The molecule has 0 spiro atoms. The Hall–Kier alpha value is -1.06. The molecular weight excluding hydrogens is 178 g/mol. The first-order valence-electron chi connectivity index (χ1n) is 4.88.